The van der Waals surface area contributed by atoms with Gasteiger partial charge < -0.3 is 5.11 Å². The van der Waals surface area contributed by atoms with Crippen LogP contribution in [0.2, 0.25) is 0 Å². The van der Waals surface area contributed by atoms with Gasteiger partial charge in [0.05, 0.1) is 5.56 Å². The molecular weight excluding hydrogens is 250 g/mol. The van der Waals surface area contributed by atoms with Crippen molar-refractivity contribution in [1.29, 1.82) is 0 Å². The molecule has 20 heavy (non-hydrogen) atoms. The number of aryl methyl sites for hydroxylation is 1. The van der Waals surface area contributed by atoms with Gasteiger partial charge in [-0.15, -0.1) is 0 Å². The number of hydrogen-bond donors (Lipinski definition) is 1. The summed E-state index contributed by atoms with van der Waals surface area (Å²) in [6.45, 7) is 9.88. The molecule has 3 heteroatoms. The molecule has 2 rings (SSSR count). The number of piperidine rings is 1. The summed E-state index contributed by atoms with van der Waals surface area (Å²) in [6.07, 6.45) is 2.56. The Kier molecular flexibility index (Phi) is 4.81. The highest BCUT2D eigenvalue weighted by molar-refractivity contribution is 5.87. The minimum Gasteiger partial charge on any atom is -0.478 e. The maximum absolute atomic E-state index is 10.9. The van der Waals surface area contributed by atoms with E-state index in [1.54, 1.807) is 12.1 Å². The van der Waals surface area contributed by atoms with Crippen molar-refractivity contribution in [2.45, 2.75) is 40.2 Å². The van der Waals surface area contributed by atoms with E-state index in [9.17, 15) is 4.79 Å². The van der Waals surface area contributed by atoms with Crippen LogP contribution in [-0.2, 0) is 6.54 Å². The second kappa shape index (κ2) is 6.40. The van der Waals surface area contributed by atoms with E-state index in [0.29, 0.717) is 5.56 Å². The summed E-state index contributed by atoms with van der Waals surface area (Å²) in [5.41, 5.74) is 2.71. The number of aromatic carboxylic acids is 1. The van der Waals surface area contributed by atoms with Crippen LogP contribution in [0.5, 0.6) is 0 Å². The average molecular weight is 275 g/mol. The highest BCUT2D eigenvalue weighted by Gasteiger charge is 2.21. The lowest BCUT2D eigenvalue weighted by Crippen LogP contribution is -2.34. The lowest BCUT2D eigenvalue weighted by atomic mass is 9.86. The first-order valence-electron chi connectivity index (χ1n) is 7.52. The zero-order valence-electron chi connectivity index (χ0n) is 12.7. The Bertz CT molecular complexity index is 474. The number of rotatable bonds is 4. The van der Waals surface area contributed by atoms with E-state index in [4.69, 9.17) is 5.11 Å². The summed E-state index contributed by atoms with van der Waals surface area (Å²) in [7, 11) is 0. The molecule has 1 saturated heterocycles. The fraction of sp³-hybridized carbons (Fsp3) is 0.588. The van der Waals surface area contributed by atoms with Crippen LogP contribution in [-0.4, -0.2) is 29.1 Å². The predicted octanol–water partition coefficient (Wildman–Crippen LogP) is 3.56. The largest absolute Gasteiger partial charge is 0.478 e. The van der Waals surface area contributed by atoms with Gasteiger partial charge in [0, 0.05) is 6.54 Å². The van der Waals surface area contributed by atoms with Crippen molar-refractivity contribution in [1.82, 2.24) is 4.90 Å². The van der Waals surface area contributed by atoms with Crippen LogP contribution in [0.1, 0.15) is 48.2 Å². The van der Waals surface area contributed by atoms with E-state index in [1.807, 2.05) is 13.0 Å². The van der Waals surface area contributed by atoms with Gasteiger partial charge in [0.1, 0.15) is 0 Å². The molecule has 0 aliphatic carbocycles. The van der Waals surface area contributed by atoms with Crippen molar-refractivity contribution in [2.24, 2.45) is 11.8 Å². The third-order valence-corrected chi connectivity index (χ3v) is 4.56. The van der Waals surface area contributed by atoms with Gasteiger partial charge in [0.25, 0.3) is 0 Å². The number of likely N-dealkylation sites (tertiary alicyclic amines) is 1. The summed E-state index contributed by atoms with van der Waals surface area (Å²) in [5.74, 6) is 0.799. The molecule has 1 aliphatic rings. The Balaban J connectivity index is 1.96. The minimum atomic E-state index is -0.850. The predicted molar refractivity (Wildman–Crippen MR) is 81.0 cm³/mol. The van der Waals surface area contributed by atoms with Crippen molar-refractivity contribution in [3.63, 3.8) is 0 Å². The van der Waals surface area contributed by atoms with Crippen LogP contribution in [0.3, 0.4) is 0 Å². The van der Waals surface area contributed by atoms with Crippen LogP contribution in [0.25, 0.3) is 0 Å². The first kappa shape index (κ1) is 15.0. The lowest BCUT2D eigenvalue weighted by Gasteiger charge is -2.34. The van der Waals surface area contributed by atoms with E-state index in [1.165, 1.54) is 18.4 Å². The molecule has 1 aromatic rings. The van der Waals surface area contributed by atoms with Crippen molar-refractivity contribution in [3.8, 4) is 0 Å². The smallest absolute Gasteiger partial charge is 0.335 e. The zero-order chi connectivity index (χ0) is 14.7. The number of carboxylic acids is 1. The summed E-state index contributed by atoms with van der Waals surface area (Å²) in [6, 6.07) is 5.46. The first-order valence-corrected chi connectivity index (χ1v) is 7.52. The Morgan fingerprint density at radius 3 is 2.50 bits per heavy atom. The zero-order valence-corrected chi connectivity index (χ0v) is 12.7. The highest BCUT2D eigenvalue weighted by Crippen LogP contribution is 2.25. The lowest BCUT2D eigenvalue weighted by molar-refractivity contribution is 0.0696. The fourth-order valence-electron chi connectivity index (χ4n) is 3.02. The van der Waals surface area contributed by atoms with Gasteiger partial charge in [-0.05, 0) is 68.0 Å². The summed E-state index contributed by atoms with van der Waals surface area (Å²) < 4.78 is 0. The molecule has 0 spiro atoms. The molecule has 1 aromatic carbocycles. The molecule has 0 amide bonds. The Hall–Kier alpha value is -1.35. The molecule has 0 atom stereocenters. The number of nitrogens with zero attached hydrogens (tertiary/aromatic N) is 1. The van der Waals surface area contributed by atoms with Crippen molar-refractivity contribution in [2.75, 3.05) is 13.1 Å². The quantitative estimate of drug-likeness (QED) is 0.913. The summed E-state index contributed by atoms with van der Waals surface area (Å²) in [5, 5.41) is 8.99. The molecule has 110 valence electrons. The van der Waals surface area contributed by atoms with E-state index in [2.05, 4.69) is 18.7 Å². The van der Waals surface area contributed by atoms with Crippen LogP contribution < -0.4 is 0 Å². The highest BCUT2D eigenvalue weighted by atomic mass is 16.4. The summed E-state index contributed by atoms with van der Waals surface area (Å²) in [4.78, 5) is 13.4. The first-order chi connectivity index (χ1) is 9.47. The van der Waals surface area contributed by atoms with Crippen LogP contribution in [0.15, 0.2) is 18.2 Å². The Morgan fingerprint density at radius 2 is 2.00 bits per heavy atom. The van der Waals surface area contributed by atoms with Gasteiger partial charge in [-0.1, -0.05) is 19.9 Å². The molecule has 1 heterocycles. The van der Waals surface area contributed by atoms with E-state index in [-0.39, 0.29) is 0 Å². The molecule has 0 radical (unpaired) electrons. The molecular formula is C17H25NO2. The van der Waals surface area contributed by atoms with Crippen LogP contribution >= 0.6 is 0 Å². The molecule has 0 saturated carbocycles. The van der Waals surface area contributed by atoms with E-state index >= 15 is 0 Å². The minimum absolute atomic E-state index is 0.379. The van der Waals surface area contributed by atoms with E-state index in [0.717, 1.165) is 37.0 Å². The number of hydrogen-bond acceptors (Lipinski definition) is 2. The van der Waals surface area contributed by atoms with Crippen molar-refractivity contribution >= 4 is 5.97 Å². The number of carboxylic acid groups (broad SMARTS) is 1. The maximum atomic E-state index is 10.9. The molecule has 0 unspecified atom stereocenters. The summed E-state index contributed by atoms with van der Waals surface area (Å²) >= 11 is 0. The van der Waals surface area contributed by atoms with E-state index < -0.39 is 5.97 Å². The SMILES string of the molecule is Cc1cc(C(=O)O)ccc1CN1CCC(C(C)C)CC1. The molecule has 3 nitrogen and oxygen atoms in total. The monoisotopic (exact) mass is 275 g/mol. The topological polar surface area (TPSA) is 40.5 Å². The Morgan fingerprint density at radius 1 is 1.35 bits per heavy atom. The number of carbonyl (C=O) groups is 1. The Labute approximate surface area is 121 Å². The molecule has 0 aromatic heterocycles. The average Bonchev–Trinajstić information content (AvgIpc) is 2.41. The number of benzene rings is 1. The van der Waals surface area contributed by atoms with Gasteiger partial charge in [-0.25, -0.2) is 4.79 Å². The van der Waals surface area contributed by atoms with Gasteiger partial charge in [-0.2, -0.15) is 0 Å². The standard InChI is InChI=1S/C17H25NO2/c1-12(2)14-6-8-18(9-7-14)11-16-5-4-15(17(19)20)10-13(16)3/h4-5,10,12,14H,6-9,11H2,1-3H3,(H,19,20). The molecule has 1 aliphatic heterocycles. The molecule has 0 bridgehead atoms. The third kappa shape index (κ3) is 3.60. The molecule has 1 N–H and O–H groups in total. The van der Waals surface area contributed by atoms with Gasteiger partial charge in [-0.3, -0.25) is 4.90 Å². The second-order valence-corrected chi connectivity index (χ2v) is 6.30. The van der Waals surface area contributed by atoms with Gasteiger partial charge in [0.15, 0.2) is 0 Å². The van der Waals surface area contributed by atoms with Gasteiger partial charge in [0.2, 0.25) is 0 Å². The van der Waals surface area contributed by atoms with Gasteiger partial charge >= 0.3 is 5.97 Å². The molecule has 1 fully saturated rings. The van der Waals surface area contributed by atoms with Crippen molar-refractivity contribution < 1.29 is 9.90 Å². The normalized spacial score (nSPS) is 17.6. The van der Waals surface area contributed by atoms with Crippen molar-refractivity contribution in [3.05, 3.63) is 34.9 Å². The second-order valence-electron chi connectivity index (χ2n) is 6.30. The van der Waals surface area contributed by atoms with Crippen LogP contribution in [0.4, 0.5) is 0 Å². The van der Waals surface area contributed by atoms with Crippen LogP contribution in [0, 0.1) is 18.8 Å². The maximum Gasteiger partial charge on any atom is 0.335 e. The fourth-order valence-corrected chi connectivity index (χ4v) is 3.02. The third-order valence-electron chi connectivity index (χ3n) is 4.56.